The average molecular weight is 260 g/mol. The van der Waals surface area contributed by atoms with E-state index in [4.69, 9.17) is 0 Å². The van der Waals surface area contributed by atoms with Crippen molar-refractivity contribution >= 4 is 0 Å². The maximum atomic E-state index is 10.5. The van der Waals surface area contributed by atoms with Crippen LogP contribution in [0.4, 0.5) is 0 Å². The van der Waals surface area contributed by atoms with Gasteiger partial charge in [-0.05, 0) is 31.2 Å². The third-order valence-electron chi connectivity index (χ3n) is 4.33. The number of nitrogens with zero attached hydrogens (tertiary/aromatic N) is 1. The predicted molar refractivity (Wildman–Crippen MR) is 76.9 cm³/mol. The fraction of sp³-hybridized carbons (Fsp3) is 0.625. The van der Waals surface area contributed by atoms with E-state index in [-0.39, 0.29) is 0 Å². The van der Waals surface area contributed by atoms with Gasteiger partial charge in [-0.25, -0.2) is 0 Å². The largest absolute Gasteiger partial charge is 0.388 e. The summed E-state index contributed by atoms with van der Waals surface area (Å²) in [5.41, 5.74) is 0.888. The lowest BCUT2D eigenvalue weighted by Gasteiger charge is -2.38. The van der Waals surface area contributed by atoms with Gasteiger partial charge in [0.15, 0.2) is 0 Å². The van der Waals surface area contributed by atoms with Crippen LogP contribution in [0.5, 0.6) is 0 Å². The highest BCUT2D eigenvalue weighted by atomic mass is 16.3. The van der Waals surface area contributed by atoms with Crippen LogP contribution in [0.15, 0.2) is 30.3 Å². The number of piperidine rings is 1. The number of hydrogen-bond acceptors (Lipinski definition) is 3. The smallest absolute Gasteiger partial charge is 0.0796 e. The van der Waals surface area contributed by atoms with Gasteiger partial charge in [-0.3, -0.25) is 4.90 Å². The van der Waals surface area contributed by atoms with Gasteiger partial charge in [0.2, 0.25) is 0 Å². The first-order valence-corrected chi connectivity index (χ1v) is 7.46. The lowest BCUT2D eigenvalue weighted by molar-refractivity contribution is -0.0219. The molecule has 1 aromatic rings. The van der Waals surface area contributed by atoms with Crippen LogP contribution < -0.4 is 5.32 Å². The van der Waals surface area contributed by atoms with Crippen molar-refractivity contribution in [2.75, 3.05) is 19.6 Å². The minimum atomic E-state index is -0.476. The minimum absolute atomic E-state index is 0.476. The Bertz CT molecular complexity index is 394. The van der Waals surface area contributed by atoms with Crippen molar-refractivity contribution in [3.63, 3.8) is 0 Å². The van der Waals surface area contributed by atoms with Gasteiger partial charge in [0.25, 0.3) is 0 Å². The molecule has 0 spiro atoms. The average Bonchev–Trinajstić information content (AvgIpc) is 3.25. The van der Waals surface area contributed by atoms with Crippen molar-refractivity contribution in [2.45, 2.75) is 43.9 Å². The third-order valence-corrected chi connectivity index (χ3v) is 4.33. The van der Waals surface area contributed by atoms with E-state index in [9.17, 15) is 5.11 Å². The van der Waals surface area contributed by atoms with Crippen LogP contribution in [0.25, 0.3) is 0 Å². The third kappa shape index (κ3) is 3.78. The van der Waals surface area contributed by atoms with Crippen molar-refractivity contribution in [3.05, 3.63) is 35.9 Å². The summed E-state index contributed by atoms with van der Waals surface area (Å²) in [6.07, 6.45) is 4.35. The molecule has 0 radical (unpaired) electrons. The zero-order valence-electron chi connectivity index (χ0n) is 11.5. The normalized spacial score (nSPS) is 23.4. The van der Waals surface area contributed by atoms with Crippen LogP contribution in [-0.4, -0.2) is 41.3 Å². The number of likely N-dealkylation sites (tertiary alicyclic amines) is 1. The molecule has 1 heterocycles. The molecule has 19 heavy (non-hydrogen) atoms. The Balaban J connectivity index is 1.45. The molecular weight excluding hydrogens is 236 g/mol. The standard InChI is InChI=1S/C16H24N2O/c19-16(13-17-15-6-7-15)8-10-18(11-9-16)12-14-4-2-1-3-5-14/h1-5,15,17,19H,6-13H2. The van der Waals surface area contributed by atoms with Crippen LogP contribution in [0.3, 0.4) is 0 Å². The summed E-state index contributed by atoms with van der Waals surface area (Å²) < 4.78 is 0. The van der Waals surface area contributed by atoms with Crippen LogP contribution in [0, 0.1) is 0 Å². The topological polar surface area (TPSA) is 35.5 Å². The molecule has 2 aliphatic rings. The number of benzene rings is 1. The van der Waals surface area contributed by atoms with E-state index in [1.807, 2.05) is 0 Å². The lowest BCUT2D eigenvalue weighted by atomic mass is 9.91. The van der Waals surface area contributed by atoms with E-state index >= 15 is 0 Å². The zero-order chi connectivity index (χ0) is 13.1. The highest BCUT2D eigenvalue weighted by Gasteiger charge is 2.33. The van der Waals surface area contributed by atoms with E-state index in [0.717, 1.165) is 39.0 Å². The quantitative estimate of drug-likeness (QED) is 0.847. The summed E-state index contributed by atoms with van der Waals surface area (Å²) in [7, 11) is 0. The second kappa shape index (κ2) is 5.61. The number of nitrogens with one attached hydrogen (secondary N) is 1. The summed E-state index contributed by atoms with van der Waals surface area (Å²) >= 11 is 0. The first-order chi connectivity index (χ1) is 9.23. The first kappa shape index (κ1) is 13.1. The van der Waals surface area contributed by atoms with Gasteiger partial charge < -0.3 is 10.4 Å². The second-order valence-electron chi connectivity index (χ2n) is 6.14. The highest BCUT2D eigenvalue weighted by Crippen LogP contribution is 2.25. The van der Waals surface area contributed by atoms with Crippen LogP contribution >= 0.6 is 0 Å². The maximum absolute atomic E-state index is 10.5. The van der Waals surface area contributed by atoms with Gasteiger partial charge in [-0.15, -0.1) is 0 Å². The molecule has 0 unspecified atom stereocenters. The molecule has 1 aliphatic heterocycles. The molecule has 104 valence electrons. The van der Waals surface area contributed by atoms with Crippen molar-refractivity contribution in [1.82, 2.24) is 10.2 Å². The van der Waals surface area contributed by atoms with Gasteiger partial charge >= 0.3 is 0 Å². The number of hydrogen-bond donors (Lipinski definition) is 2. The van der Waals surface area contributed by atoms with Crippen molar-refractivity contribution in [1.29, 1.82) is 0 Å². The summed E-state index contributed by atoms with van der Waals surface area (Å²) in [6.45, 7) is 3.78. The Kier molecular flexibility index (Phi) is 3.87. The molecule has 0 aromatic heterocycles. The molecular formula is C16H24N2O. The van der Waals surface area contributed by atoms with Crippen molar-refractivity contribution < 1.29 is 5.11 Å². The number of rotatable bonds is 5. The van der Waals surface area contributed by atoms with E-state index in [1.54, 1.807) is 0 Å². The molecule has 3 rings (SSSR count). The van der Waals surface area contributed by atoms with E-state index < -0.39 is 5.60 Å². The molecule has 1 aromatic carbocycles. The fourth-order valence-electron chi connectivity index (χ4n) is 2.77. The summed E-state index contributed by atoms with van der Waals surface area (Å²) in [5.74, 6) is 0. The first-order valence-electron chi connectivity index (χ1n) is 7.46. The molecule has 2 fully saturated rings. The Morgan fingerprint density at radius 3 is 2.47 bits per heavy atom. The van der Waals surface area contributed by atoms with Gasteiger partial charge in [-0.1, -0.05) is 30.3 Å². The monoisotopic (exact) mass is 260 g/mol. The van der Waals surface area contributed by atoms with E-state index in [0.29, 0.717) is 6.04 Å². The molecule has 3 heteroatoms. The fourth-order valence-corrected chi connectivity index (χ4v) is 2.77. The van der Waals surface area contributed by atoms with E-state index in [1.165, 1.54) is 18.4 Å². The second-order valence-corrected chi connectivity index (χ2v) is 6.14. The minimum Gasteiger partial charge on any atom is -0.388 e. The Hall–Kier alpha value is -0.900. The Morgan fingerprint density at radius 1 is 1.16 bits per heavy atom. The van der Waals surface area contributed by atoms with Gasteiger partial charge in [-0.2, -0.15) is 0 Å². The molecule has 1 saturated carbocycles. The molecule has 1 aliphatic carbocycles. The van der Waals surface area contributed by atoms with Gasteiger partial charge in [0.05, 0.1) is 5.60 Å². The Morgan fingerprint density at radius 2 is 1.84 bits per heavy atom. The predicted octanol–water partition coefficient (Wildman–Crippen LogP) is 1.77. The number of aliphatic hydroxyl groups is 1. The zero-order valence-corrected chi connectivity index (χ0v) is 11.5. The molecule has 0 amide bonds. The van der Waals surface area contributed by atoms with Crippen molar-refractivity contribution in [3.8, 4) is 0 Å². The molecule has 3 nitrogen and oxygen atoms in total. The van der Waals surface area contributed by atoms with Gasteiger partial charge in [0.1, 0.15) is 0 Å². The lowest BCUT2D eigenvalue weighted by Crippen LogP contribution is -2.50. The molecule has 1 saturated heterocycles. The summed E-state index contributed by atoms with van der Waals surface area (Å²) in [4.78, 5) is 2.45. The van der Waals surface area contributed by atoms with Crippen molar-refractivity contribution in [2.24, 2.45) is 0 Å². The maximum Gasteiger partial charge on any atom is 0.0796 e. The van der Waals surface area contributed by atoms with Crippen LogP contribution in [0.1, 0.15) is 31.2 Å². The molecule has 0 atom stereocenters. The molecule has 0 bridgehead atoms. The Labute approximate surface area is 115 Å². The van der Waals surface area contributed by atoms with E-state index in [2.05, 4.69) is 40.5 Å². The van der Waals surface area contributed by atoms with Crippen LogP contribution in [-0.2, 0) is 6.54 Å². The van der Waals surface area contributed by atoms with Crippen LogP contribution in [0.2, 0.25) is 0 Å². The van der Waals surface area contributed by atoms with Gasteiger partial charge in [0, 0.05) is 32.2 Å². The summed E-state index contributed by atoms with van der Waals surface area (Å²) in [6, 6.07) is 11.3. The molecule has 2 N–H and O–H groups in total. The summed E-state index contributed by atoms with van der Waals surface area (Å²) in [5, 5.41) is 14.0. The highest BCUT2D eigenvalue weighted by molar-refractivity contribution is 5.14. The SMILES string of the molecule is OC1(CNC2CC2)CCN(Cc2ccccc2)CC1.